The minimum atomic E-state index is -0.843. The van der Waals surface area contributed by atoms with Crippen LogP contribution in [0.2, 0.25) is 0 Å². The number of hydrogen-bond donors (Lipinski definition) is 3. The van der Waals surface area contributed by atoms with E-state index in [4.69, 9.17) is 4.74 Å². The van der Waals surface area contributed by atoms with Crippen LogP contribution in [0.5, 0.6) is 0 Å². The first-order valence-electron chi connectivity index (χ1n) is 37.9. The molecule has 6 heteroatoms. The van der Waals surface area contributed by atoms with E-state index in [-0.39, 0.29) is 18.5 Å². The lowest BCUT2D eigenvalue weighted by Gasteiger charge is -2.20. The number of allylic oxidation sites excluding steroid dienone is 7. The fraction of sp³-hybridized carbons (Fsp3) is 0.872. The molecule has 0 aliphatic heterocycles. The number of carbonyl (C=O) groups excluding carboxylic acids is 2. The van der Waals surface area contributed by atoms with Gasteiger partial charge in [0, 0.05) is 12.8 Å². The van der Waals surface area contributed by atoms with Gasteiger partial charge in [-0.05, 0) is 89.9 Å². The van der Waals surface area contributed by atoms with E-state index in [1.165, 1.54) is 334 Å². The highest BCUT2D eigenvalue weighted by Gasteiger charge is 2.18. The van der Waals surface area contributed by atoms with Crippen LogP contribution < -0.4 is 5.32 Å². The Morgan fingerprint density at radius 3 is 0.917 bits per heavy atom. The molecule has 0 spiro atoms. The molecule has 0 aromatic carbocycles. The Morgan fingerprint density at radius 2 is 0.595 bits per heavy atom. The second-order valence-corrected chi connectivity index (χ2v) is 26.0. The minimum absolute atomic E-state index is 0.0140. The number of carbonyl (C=O) groups is 2. The average Bonchev–Trinajstić information content (AvgIpc) is 3.54. The van der Waals surface area contributed by atoms with Crippen molar-refractivity contribution in [3.8, 4) is 0 Å². The SMILES string of the molecule is CCCCCCCCC/C=C\CCCCCCCCCC(=O)OCCCCCCCCCCCCC/C=C\C/C=C\CCCCCCCCCCCCCCCCCCCC(=O)NC(CO)C(O)/C=C/CCCCCCCCCCCCCC. The second kappa shape index (κ2) is 73.3. The highest BCUT2D eigenvalue weighted by Crippen LogP contribution is 2.19. The molecule has 2 unspecified atom stereocenters. The lowest BCUT2D eigenvalue weighted by molar-refractivity contribution is -0.143. The maximum atomic E-state index is 12.5. The molecule has 0 aliphatic rings. The Hall–Kier alpha value is -2.18. The van der Waals surface area contributed by atoms with Gasteiger partial charge in [0.25, 0.3) is 0 Å². The first-order valence-corrected chi connectivity index (χ1v) is 37.9. The fourth-order valence-electron chi connectivity index (χ4n) is 11.8. The highest BCUT2D eigenvalue weighted by atomic mass is 16.5. The summed E-state index contributed by atoms with van der Waals surface area (Å²) in [6, 6.07) is -0.626. The van der Waals surface area contributed by atoms with E-state index in [1.54, 1.807) is 6.08 Å². The van der Waals surface area contributed by atoms with Gasteiger partial charge in [0.2, 0.25) is 5.91 Å². The molecule has 0 fully saturated rings. The van der Waals surface area contributed by atoms with Gasteiger partial charge in [-0.15, -0.1) is 0 Å². The van der Waals surface area contributed by atoms with E-state index < -0.39 is 12.1 Å². The molecule has 494 valence electrons. The van der Waals surface area contributed by atoms with Crippen LogP contribution in [0.3, 0.4) is 0 Å². The average molecular weight is 1180 g/mol. The monoisotopic (exact) mass is 1180 g/mol. The number of nitrogens with one attached hydrogen (secondary N) is 1. The number of esters is 1. The number of rotatable bonds is 71. The smallest absolute Gasteiger partial charge is 0.305 e. The van der Waals surface area contributed by atoms with E-state index in [0.717, 1.165) is 51.4 Å². The van der Waals surface area contributed by atoms with Crippen LogP contribution in [-0.4, -0.2) is 47.4 Å². The van der Waals surface area contributed by atoms with Crippen molar-refractivity contribution >= 4 is 11.9 Å². The molecule has 0 radical (unpaired) electrons. The van der Waals surface area contributed by atoms with Crippen LogP contribution in [0.1, 0.15) is 412 Å². The van der Waals surface area contributed by atoms with Crippen molar-refractivity contribution < 1.29 is 24.5 Å². The van der Waals surface area contributed by atoms with Crippen LogP contribution in [0.25, 0.3) is 0 Å². The summed E-state index contributed by atoms with van der Waals surface area (Å²) in [5.74, 6) is -0.0500. The van der Waals surface area contributed by atoms with E-state index >= 15 is 0 Å². The summed E-state index contributed by atoms with van der Waals surface area (Å²) >= 11 is 0. The molecule has 2 atom stereocenters. The minimum Gasteiger partial charge on any atom is -0.466 e. The summed E-state index contributed by atoms with van der Waals surface area (Å²) < 4.78 is 5.51. The van der Waals surface area contributed by atoms with Crippen molar-refractivity contribution in [2.45, 2.75) is 424 Å². The standard InChI is InChI=1S/C78H147NO5/c1-3-5-7-9-11-13-15-17-19-20-41-44-48-52-56-60-64-68-72-78(83)84-73-69-65-61-57-53-49-45-42-39-37-35-33-31-29-27-25-23-21-22-24-26-28-30-32-34-36-38-40-43-47-51-55-59-63-67-71-77(82)79-75(74-80)76(81)70-66-62-58-54-50-46-18-16-14-12-10-8-6-4-2/h19-20,23,25,29,31,66,70,75-76,80-81H,3-18,21-22,24,26-28,30,32-65,67-69,71-74H2,1-2H3,(H,79,82)/b20-19-,25-23-,31-29-,70-66+. The quantitative estimate of drug-likeness (QED) is 0.0320. The zero-order valence-corrected chi connectivity index (χ0v) is 56.6. The van der Waals surface area contributed by atoms with E-state index in [1.807, 2.05) is 6.08 Å². The van der Waals surface area contributed by atoms with Crippen molar-refractivity contribution in [1.82, 2.24) is 5.32 Å². The number of amides is 1. The lowest BCUT2D eigenvalue weighted by Crippen LogP contribution is -2.45. The second-order valence-electron chi connectivity index (χ2n) is 26.0. The molecule has 84 heavy (non-hydrogen) atoms. The van der Waals surface area contributed by atoms with Crippen LogP contribution in [0.15, 0.2) is 48.6 Å². The van der Waals surface area contributed by atoms with Gasteiger partial charge in [-0.2, -0.15) is 0 Å². The van der Waals surface area contributed by atoms with Gasteiger partial charge in [-0.1, -0.05) is 358 Å². The highest BCUT2D eigenvalue weighted by molar-refractivity contribution is 5.76. The van der Waals surface area contributed by atoms with Crippen molar-refractivity contribution in [3.05, 3.63) is 48.6 Å². The van der Waals surface area contributed by atoms with E-state index in [2.05, 4.69) is 55.6 Å². The molecule has 0 aromatic heterocycles. The van der Waals surface area contributed by atoms with Gasteiger partial charge >= 0.3 is 5.97 Å². The molecule has 0 aliphatic carbocycles. The number of ether oxygens (including phenoxy) is 1. The maximum Gasteiger partial charge on any atom is 0.305 e. The molecular formula is C78H147NO5. The Kier molecular flexibility index (Phi) is 71.4. The van der Waals surface area contributed by atoms with Crippen molar-refractivity contribution in [2.75, 3.05) is 13.2 Å². The molecule has 0 aromatic rings. The fourth-order valence-corrected chi connectivity index (χ4v) is 11.8. The molecule has 0 saturated heterocycles. The van der Waals surface area contributed by atoms with Gasteiger partial charge in [-0.25, -0.2) is 0 Å². The van der Waals surface area contributed by atoms with Gasteiger partial charge in [0.15, 0.2) is 0 Å². The number of hydrogen-bond acceptors (Lipinski definition) is 5. The summed E-state index contributed by atoms with van der Waals surface area (Å²) in [4.78, 5) is 24.6. The summed E-state index contributed by atoms with van der Waals surface area (Å²) in [6.45, 7) is 4.93. The van der Waals surface area contributed by atoms with Crippen LogP contribution in [0, 0.1) is 0 Å². The van der Waals surface area contributed by atoms with Gasteiger partial charge in [0.05, 0.1) is 25.4 Å². The largest absolute Gasteiger partial charge is 0.466 e. The zero-order chi connectivity index (χ0) is 60.6. The molecular weight excluding hydrogens is 1030 g/mol. The predicted molar refractivity (Wildman–Crippen MR) is 370 cm³/mol. The molecule has 3 N–H and O–H groups in total. The first kappa shape index (κ1) is 81.8. The predicted octanol–water partition coefficient (Wildman–Crippen LogP) is 24.8. The van der Waals surface area contributed by atoms with E-state index in [9.17, 15) is 19.8 Å². The third-order valence-electron chi connectivity index (χ3n) is 17.6. The lowest BCUT2D eigenvalue weighted by atomic mass is 10.0. The van der Waals surface area contributed by atoms with E-state index in [0.29, 0.717) is 19.4 Å². The first-order chi connectivity index (χ1) is 41.5. The van der Waals surface area contributed by atoms with Gasteiger partial charge < -0.3 is 20.3 Å². The molecule has 6 nitrogen and oxygen atoms in total. The molecule has 0 rings (SSSR count). The van der Waals surface area contributed by atoms with Gasteiger partial charge in [0.1, 0.15) is 0 Å². The van der Waals surface area contributed by atoms with Crippen LogP contribution in [-0.2, 0) is 14.3 Å². The Balaban J connectivity index is 3.37. The van der Waals surface area contributed by atoms with Gasteiger partial charge in [-0.3, -0.25) is 9.59 Å². The van der Waals surface area contributed by atoms with Crippen molar-refractivity contribution in [1.29, 1.82) is 0 Å². The molecule has 1 amide bonds. The third-order valence-corrected chi connectivity index (χ3v) is 17.6. The topological polar surface area (TPSA) is 95.9 Å². The normalized spacial score (nSPS) is 12.8. The zero-order valence-electron chi connectivity index (χ0n) is 56.6. The van der Waals surface area contributed by atoms with Crippen molar-refractivity contribution in [3.63, 3.8) is 0 Å². The Bertz CT molecular complexity index is 1400. The number of aliphatic hydroxyl groups excluding tert-OH is 2. The molecule has 0 bridgehead atoms. The number of unbranched alkanes of at least 4 members (excludes halogenated alkanes) is 54. The summed E-state index contributed by atoms with van der Waals surface area (Å²) in [5, 5.41) is 23.2. The third kappa shape index (κ3) is 68.9. The van der Waals surface area contributed by atoms with Crippen LogP contribution >= 0.6 is 0 Å². The maximum absolute atomic E-state index is 12.5. The summed E-state index contributed by atoms with van der Waals surface area (Å²) in [7, 11) is 0. The summed E-state index contributed by atoms with van der Waals surface area (Å²) in [5.41, 5.74) is 0. The van der Waals surface area contributed by atoms with Crippen molar-refractivity contribution in [2.24, 2.45) is 0 Å². The Morgan fingerprint density at radius 1 is 0.333 bits per heavy atom. The Labute approximate surface area is 525 Å². The van der Waals surface area contributed by atoms with Crippen LogP contribution in [0.4, 0.5) is 0 Å². The summed E-state index contributed by atoms with van der Waals surface area (Å²) in [6.07, 6.45) is 96.5. The molecule has 0 heterocycles. The number of aliphatic hydroxyl groups is 2. The molecule has 0 saturated carbocycles.